The van der Waals surface area contributed by atoms with E-state index in [1.807, 2.05) is 31.0 Å². The Morgan fingerprint density at radius 1 is 1.24 bits per heavy atom. The first-order chi connectivity index (χ1) is 9.93. The minimum Gasteiger partial charge on any atom is -0.384 e. The highest BCUT2D eigenvalue weighted by molar-refractivity contribution is 5.90. The Morgan fingerprint density at radius 3 is 2.57 bits per heavy atom. The molecule has 0 aliphatic heterocycles. The van der Waals surface area contributed by atoms with Crippen molar-refractivity contribution in [1.82, 2.24) is 15.0 Å². The molecule has 0 radical (unpaired) electrons. The van der Waals surface area contributed by atoms with Crippen molar-refractivity contribution in [1.29, 1.82) is 5.41 Å². The molecule has 0 aromatic carbocycles. The molecular weight excluding hydrogens is 266 g/mol. The number of nitrogens with zero attached hydrogens (tertiary/aromatic N) is 4. The highest BCUT2D eigenvalue weighted by Crippen LogP contribution is 2.27. The van der Waals surface area contributed by atoms with Gasteiger partial charge in [-0.2, -0.15) is 0 Å². The Morgan fingerprint density at radius 2 is 1.95 bits per heavy atom. The van der Waals surface area contributed by atoms with Crippen molar-refractivity contribution in [2.75, 3.05) is 23.4 Å². The monoisotopic (exact) mass is 285 g/mol. The number of aryl methyl sites for hydroxylation is 1. The summed E-state index contributed by atoms with van der Waals surface area (Å²) in [6.45, 7) is 3.76. The summed E-state index contributed by atoms with van der Waals surface area (Å²) in [7, 11) is 1.88. The summed E-state index contributed by atoms with van der Waals surface area (Å²) in [5.74, 6) is 1.94. The van der Waals surface area contributed by atoms with Crippen LogP contribution in [0.4, 0.5) is 17.5 Å². The van der Waals surface area contributed by atoms with Gasteiger partial charge in [0.1, 0.15) is 23.3 Å². The molecular formula is C14H19N7. The van der Waals surface area contributed by atoms with Crippen LogP contribution in [-0.2, 0) is 0 Å². The van der Waals surface area contributed by atoms with E-state index in [2.05, 4.69) is 15.0 Å². The molecule has 21 heavy (non-hydrogen) atoms. The van der Waals surface area contributed by atoms with Crippen LogP contribution in [0.5, 0.6) is 0 Å². The SMILES string of the molecule is Cc1nc(N)c(C=N)c(N(C)C(C)c2cccc(N)n2)n1. The maximum absolute atomic E-state index is 7.52. The van der Waals surface area contributed by atoms with E-state index in [-0.39, 0.29) is 6.04 Å². The molecule has 2 rings (SSSR count). The standard InChI is InChI=1S/C14H19N7/c1-8(11-5-4-6-12(16)20-11)21(3)14-10(7-15)13(17)18-9(2)19-14/h4-8,15H,1-3H3,(H2,16,20)(H2,17,18,19). The van der Waals surface area contributed by atoms with Gasteiger partial charge in [-0.25, -0.2) is 15.0 Å². The Bertz CT molecular complexity index is 668. The summed E-state index contributed by atoms with van der Waals surface area (Å²) >= 11 is 0. The Labute approximate surface area is 123 Å². The van der Waals surface area contributed by atoms with E-state index in [0.29, 0.717) is 28.8 Å². The van der Waals surface area contributed by atoms with Crippen molar-refractivity contribution in [3.05, 3.63) is 35.3 Å². The van der Waals surface area contributed by atoms with E-state index < -0.39 is 0 Å². The van der Waals surface area contributed by atoms with Gasteiger partial charge in [0.05, 0.1) is 17.3 Å². The molecule has 7 heteroatoms. The highest BCUT2D eigenvalue weighted by atomic mass is 15.2. The van der Waals surface area contributed by atoms with Crippen molar-refractivity contribution in [3.63, 3.8) is 0 Å². The van der Waals surface area contributed by atoms with E-state index in [9.17, 15) is 0 Å². The fourth-order valence-electron chi connectivity index (χ4n) is 2.08. The Balaban J connectivity index is 2.44. The third-order valence-corrected chi connectivity index (χ3v) is 3.35. The van der Waals surface area contributed by atoms with Crippen molar-refractivity contribution >= 4 is 23.7 Å². The van der Waals surface area contributed by atoms with Crippen LogP contribution >= 0.6 is 0 Å². The number of rotatable bonds is 4. The summed E-state index contributed by atoms with van der Waals surface area (Å²) in [6.07, 6.45) is 1.17. The Hall–Kier alpha value is -2.70. The maximum atomic E-state index is 7.52. The maximum Gasteiger partial charge on any atom is 0.143 e. The zero-order chi connectivity index (χ0) is 15.6. The van der Waals surface area contributed by atoms with Crippen molar-refractivity contribution in [2.45, 2.75) is 19.9 Å². The third-order valence-electron chi connectivity index (χ3n) is 3.35. The van der Waals surface area contributed by atoms with Gasteiger partial charge in [0.25, 0.3) is 0 Å². The summed E-state index contributed by atoms with van der Waals surface area (Å²) < 4.78 is 0. The van der Waals surface area contributed by atoms with Crippen molar-refractivity contribution in [2.24, 2.45) is 0 Å². The fraction of sp³-hybridized carbons (Fsp3) is 0.286. The summed E-state index contributed by atoms with van der Waals surface area (Å²) in [5.41, 5.74) is 12.9. The van der Waals surface area contributed by atoms with Crippen LogP contribution in [0.1, 0.15) is 30.0 Å². The minimum atomic E-state index is -0.0686. The first-order valence-corrected chi connectivity index (χ1v) is 6.54. The first kappa shape index (κ1) is 14.7. The summed E-state index contributed by atoms with van der Waals surface area (Å²) in [4.78, 5) is 14.7. The molecule has 1 atom stereocenters. The number of nitrogen functional groups attached to an aromatic ring is 2. The van der Waals surface area contributed by atoms with Gasteiger partial charge in [-0.3, -0.25) is 0 Å². The normalized spacial score (nSPS) is 12.0. The molecule has 2 aromatic rings. The first-order valence-electron chi connectivity index (χ1n) is 6.54. The zero-order valence-corrected chi connectivity index (χ0v) is 12.3. The number of pyridine rings is 1. The average Bonchev–Trinajstić information content (AvgIpc) is 2.45. The van der Waals surface area contributed by atoms with Crippen LogP contribution in [0.3, 0.4) is 0 Å². The number of hydrogen-bond acceptors (Lipinski definition) is 7. The van der Waals surface area contributed by atoms with Crippen LogP contribution < -0.4 is 16.4 Å². The van der Waals surface area contributed by atoms with Crippen LogP contribution in [0, 0.1) is 12.3 Å². The third kappa shape index (κ3) is 2.91. The lowest BCUT2D eigenvalue weighted by Crippen LogP contribution is -2.26. The molecule has 0 saturated heterocycles. The molecule has 0 aliphatic carbocycles. The van der Waals surface area contributed by atoms with Gasteiger partial charge in [0.15, 0.2) is 0 Å². The van der Waals surface area contributed by atoms with Crippen LogP contribution in [0.25, 0.3) is 0 Å². The second-order valence-electron chi connectivity index (χ2n) is 4.81. The van der Waals surface area contributed by atoms with Gasteiger partial charge in [0, 0.05) is 13.3 Å². The molecule has 1 unspecified atom stereocenters. The van der Waals surface area contributed by atoms with E-state index in [1.54, 1.807) is 13.0 Å². The number of nitrogens with one attached hydrogen (secondary N) is 1. The summed E-state index contributed by atoms with van der Waals surface area (Å²) in [6, 6.07) is 5.44. The number of nitrogens with two attached hydrogens (primary N) is 2. The molecule has 0 spiro atoms. The van der Waals surface area contributed by atoms with E-state index in [0.717, 1.165) is 5.69 Å². The quantitative estimate of drug-likeness (QED) is 0.733. The van der Waals surface area contributed by atoms with E-state index >= 15 is 0 Å². The van der Waals surface area contributed by atoms with Gasteiger partial charge in [-0.15, -0.1) is 0 Å². The Kier molecular flexibility index (Phi) is 4.02. The highest BCUT2D eigenvalue weighted by Gasteiger charge is 2.19. The lowest BCUT2D eigenvalue weighted by atomic mass is 10.1. The van der Waals surface area contributed by atoms with Gasteiger partial charge >= 0.3 is 0 Å². The van der Waals surface area contributed by atoms with Crippen LogP contribution in [0.15, 0.2) is 18.2 Å². The lowest BCUT2D eigenvalue weighted by molar-refractivity contribution is 0.702. The molecule has 0 amide bonds. The largest absolute Gasteiger partial charge is 0.384 e. The summed E-state index contributed by atoms with van der Waals surface area (Å²) in [5, 5.41) is 7.52. The average molecular weight is 285 g/mol. The second kappa shape index (κ2) is 5.74. The smallest absolute Gasteiger partial charge is 0.143 e. The number of hydrogen-bond donors (Lipinski definition) is 3. The molecule has 5 N–H and O–H groups in total. The molecule has 2 heterocycles. The topological polar surface area (TPSA) is 118 Å². The van der Waals surface area contributed by atoms with Gasteiger partial charge in [-0.05, 0) is 26.0 Å². The molecule has 0 bridgehead atoms. The minimum absolute atomic E-state index is 0.0686. The van der Waals surface area contributed by atoms with Crippen LogP contribution in [-0.4, -0.2) is 28.2 Å². The lowest BCUT2D eigenvalue weighted by Gasteiger charge is -2.27. The molecule has 0 fully saturated rings. The molecule has 2 aromatic heterocycles. The van der Waals surface area contributed by atoms with Gasteiger partial charge in [0.2, 0.25) is 0 Å². The number of aromatic nitrogens is 3. The molecule has 110 valence electrons. The molecule has 0 saturated carbocycles. The van der Waals surface area contributed by atoms with E-state index in [4.69, 9.17) is 16.9 Å². The number of anilines is 3. The predicted molar refractivity (Wildman–Crippen MR) is 84.5 cm³/mol. The van der Waals surface area contributed by atoms with Crippen molar-refractivity contribution in [3.8, 4) is 0 Å². The van der Waals surface area contributed by atoms with Crippen molar-refractivity contribution < 1.29 is 0 Å². The molecule has 0 aliphatic rings. The van der Waals surface area contributed by atoms with Gasteiger partial charge < -0.3 is 21.8 Å². The second-order valence-corrected chi connectivity index (χ2v) is 4.81. The molecule has 7 nitrogen and oxygen atoms in total. The fourth-order valence-corrected chi connectivity index (χ4v) is 2.08. The van der Waals surface area contributed by atoms with Crippen LogP contribution in [0.2, 0.25) is 0 Å². The van der Waals surface area contributed by atoms with Gasteiger partial charge in [-0.1, -0.05) is 6.07 Å². The predicted octanol–water partition coefficient (Wildman–Crippen LogP) is 1.54. The van der Waals surface area contributed by atoms with E-state index in [1.165, 1.54) is 6.21 Å². The zero-order valence-electron chi connectivity index (χ0n) is 12.3.